The normalized spacial score (nSPS) is 17.5. The van der Waals surface area contributed by atoms with Crippen LogP contribution >= 0.6 is 0 Å². The Morgan fingerprint density at radius 3 is 2.73 bits per heavy atom. The second-order valence-electron chi connectivity index (χ2n) is 5.31. The summed E-state index contributed by atoms with van der Waals surface area (Å²) >= 11 is 0. The number of amides is 2. The molecule has 2 aromatic rings. The van der Waals surface area contributed by atoms with Crippen molar-refractivity contribution in [1.29, 1.82) is 0 Å². The molecule has 0 aliphatic carbocycles. The molecule has 1 saturated heterocycles. The Balaban J connectivity index is 1.78. The van der Waals surface area contributed by atoms with Gasteiger partial charge in [-0.2, -0.15) is 0 Å². The third-order valence-electron chi connectivity index (χ3n) is 3.85. The smallest absolute Gasteiger partial charge is 0.317 e. The molecule has 2 amide bonds. The number of carbonyl (C=O) groups excluding carboxylic acids is 1. The summed E-state index contributed by atoms with van der Waals surface area (Å²) in [6.45, 7) is 0.556. The molecule has 3 nitrogen and oxygen atoms in total. The number of rotatable bonds is 2. The topological polar surface area (TPSA) is 32.3 Å². The number of carbonyl (C=O) groups is 1. The standard InChI is InChI=1S/C17H16F2N2O/c18-12-5-3-6-13(11-12)20-17(22)21-10-4-9-16(21)14-7-1-2-8-15(14)19/h1-3,5-8,11,16H,4,9-10H2,(H,20,22). The number of urea groups is 1. The average Bonchev–Trinajstić information content (AvgIpc) is 2.97. The number of anilines is 1. The Morgan fingerprint density at radius 1 is 1.14 bits per heavy atom. The van der Waals surface area contributed by atoms with E-state index in [1.54, 1.807) is 29.2 Å². The quantitative estimate of drug-likeness (QED) is 0.879. The van der Waals surface area contributed by atoms with E-state index in [9.17, 15) is 13.6 Å². The van der Waals surface area contributed by atoms with Crippen LogP contribution in [0.3, 0.4) is 0 Å². The zero-order valence-electron chi connectivity index (χ0n) is 11.9. The lowest BCUT2D eigenvalue weighted by atomic mass is 10.0. The minimum atomic E-state index is -0.412. The van der Waals surface area contributed by atoms with E-state index in [4.69, 9.17) is 0 Å². The van der Waals surface area contributed by atoms with Crippen molar-refractivity contribution in [3.8, 4) is 0 Å². The summed E-state index contributed by atoms with van der Waals surface area (Å²) in [5.74, 6) is -0.720. The molecule has 1 fully saturated rings. The Kier molecular flexibility index (Phi) is 4.04. The molecular formula is C17H16F2N2O. The van der Waals surface area contributed by atoms with E-state index < -0.39 is 5.82 Å². The van der Waals surface area contributed by atoms with Crippen molar-refractivity contribution in [2.24, 2.45) is 0 Å². The first-order chi connectivity index (χ1) is 10.6. The zero-order valence-corrected chi connectivity index (χ0v) is 11.9. The van der Waals surface area contributed by atoms with Crippen molar-refractivity contribution < 1.29 is 13.6 Å². The maximum Gasteiger partial charge on any atom is 0.322 e. The fraction of sp³-hybridized carbons (Fsp3) is 0.235. The first-order valence-corrected chi connectivity index (χ1v) is 7.23. The third-order valence-corrected chi connectivity index (χ3v) is 3.85. The summed E-state index contributed by atoms with van der Waals surface area (Å²) in [5, 5.41) is 2.67. The maximum atomic E-state index is 14.0. The van der Waals surface area contributed by atoms with Crippen molar-refractivity contribution in [3.05, 3.63) is 65.7 Å². The van der Waals surface area contributed by atoms with Crippen LogP contribution in [0.5, 0.6) is 0 Å². The van der Waals surface area contributed by atoms with E-state index >= 15 is 0 Å². The lowest BCUT2D eigenvalue weighted by Gasteiger charge is -2.25. The second kappa shape index (κ2) is 6.13. The van der Waals surface area contributed by atoms with Gasteiger partial charge in [-0.15, -0.1) is 0 Å². The van der Waals surface area contributed by atoms with Gasteiger partial charge in [-0.1, -0.05) is 24.3 Å². The van der Waals surface area contributed by atoms with E-state index in [0.717, 1.165) is 12.8 Å². The number of nitrogens with one attached hydrogen (secondary N) is 1. The summed E-state index contributed by atoms with van der Waals surface area (Å²) in [6, 6.07) is 11.6. The SMILES string of the molecule is O=C(Nc1cccc(F)c1)N1CCCC1c1ccccc1F. The van der Waals surface area contributed by atoms with E-state index in [2.05, 4.69) is 5.32 Å². The maximum absolute atomic E-state index is 14.0. The predicted molar refractivity (Wildman–Crippen MR) is 80.5 cm³/mol. The number of halogens is 2. The molecule has 1 unspecified atom stereocenters. The van der Waals surface area contributed by atoms with Crippen molar-refractivity contribution in [2.75, 3.05) is 11.9 Å². The van der Waals surface area contributed by atoms with Crippen molar-refractivity contribution in [1.82, 2.24) is 4.90 Å². The van der Waals surface area contributed by atoms with Gasteiger partial charge in [0.05, 0.1) is 6.04 Å². The van der Waals surface area contributed by atoms with Crippen LogP contribution in [-0.2, 0) is 0 Å². The first kappa shape index (κ1) is 14.5. The van der Waals surface area contributed by atoms with Crippen LogP contribution in [0, 0.1) is 11.6 Å². The monoisotopic (exact) mass is 302 g/mol. The highest BCUT2D eigenvalue weighted by Gasteiger charge is 2.31. The summed E-state index contributed by atoms with van der Waals surface area (Å²) in [7, 11) is 0. The third kappa shape index (κ3) is 2.93. The second-order valence-corrected chi connectivity index (χ2v) is 5.31. The fourth-order valence-electron chi connectivity index (χ4n) is 2.84. The molecule has 5 heteroatoms. The summed E-state index contributed by atoms with van der Waals surface area (Å²) < 4.78 is 27.1. The molecule has 1 aliphatic heterocycles. The summed E-state index contributed by atoms with van der Waals surface area (Å²) in [4.78, 5) is 14.0. The van der Waals surface area contributed by atoms with Gasteiger partial charge in [-0.3, -0.25) is 0 Å². The molecule has 1 aliphatic rings. The lowest BCUT2D eigenvalue weighted by Crippen LogP contribution is -2.34. The largest absolute Gasteiger partial charge is 0.322 e. The van der Waals surface area contributed by atoms with Crippen LogP contribution in [0.25, 0.3) is 0 Å². The number of hydrogen-bond acceptors (Lipinski definition) is 1. The minimum Gasteiger partial charge on any atom is -0.317 e. The molecule has 3 rings (SSSR count). The Morgan fingerprint density at radius 2 is 1.95 bits per heavy atom. The van der Waals surface area contributed by atoms with Crippen molar-refractivity contribution >= 4 is 11.7 Å². The fourth-order valence-corrected chi connectivity index (χ4v) is 2.84. The van der Waals surface area contributed by atoms with Gasteiger partial charge in [0.15, 0.2) is 0 Å². The van der Waals surface area contributed by atoms with E-state index in [1.807, 2.05) is 0 Å². The molecule has 1 heterocycles. The molecule has 1 N–H and O–H groups in total. The molecule has 0 bridgehead atoms. The summed E-state index contributed by atoms with van der Waals surface area (Å²) in [6.07, 6.45) is 1.53. The molecule has 1 atom stereocenters. The highest BCUT2D eigenvalue weighted by Crippen LogP contribution is 2.33. The number of likely N-dealkylation sites (tertiary alicyclic amines) is 1. The minimum absolute atomic E-state index is 0.283. The molecule has 114 valence electrons. The molecule has 22 heavy (non-hydrogen) atoms. The number of nitrogens with zero attached hydrogens (tertiary/aromatic N) is 1. The predicted octanol–water partition coefficient (Wildman–Crippen LogP) is 4.33. The van der Waals surface area contributed by atoms with Gasteiger partial charge in [0.1, 0.15) is 11.6 Å². The number of benzene rings is 2. The van der Waals surface area contributed by atoms with Crippen LogP contribution in [0.15, 0.2) is 48.5 Å². The highest BCUT2D eigenvalue weighted by molar-refractivity contribution is 5.89. The van der Waals surface area contributed by atoms with Gasteiger partial charge >= 0.3 is 6.03 Å². The van der Waals surface area contributed by atoms with Gasteiger partial charge < -0.3 is 10.2 Å². The lowest BCUT2D eigenvalue weighted by molar-refractivity contribution is 0.206. The van der Waals surface area contributed by atoms with Gasteiger partial charge in [-0.25, -0.2) is 13.6 Å². The molecular weight excluding hydrogens is 286 g/mol. The molecule has 0 radical (unpaired) electrons. The van der Waals surface area contributed by atoms with Crippen molar-refractivity contribution in [3.63, 3.8) is 0 Å². The van der Waals surface area contributed by atoms with Crippen LogP contribution in [-0.4, -0.2) is 17.5 Å². The Labute approximate surface area is 127 Å². The van der Waals surface area contributed by atoms with Gasteiger partial charge in [-0.05, 0) is 37.1 Å². The molecule has 2 aromatic carbocycles. The van der Waals surface area contributed by atoms with Gasteiger partial charge in [0, 0.05) is 17.8 Å². The zero-order chi connectivity index (χ0) is 15.5. The Bertz CT molecular complexity index is 690. The van der Waals surface area contributed by atoms with E-state index in [1.165, 1.54) is 24.3 Å². The molecule has 0 spiro atoms. The Hall–Kier alpha value is -2.43. The molecule has 0 saturated carbocycles. The van der Waals surface area contributed by atoms with Gasteiger partial charge in [0.25, 0.3) is 0 Å². The molecule has 0 aromatic heterocycles. The van der Waals surface area contributed by atoms with Crippen LogP contribution in [0.4, 0.5) is 19.3 Å². The van der Waals surface area contributed by atoms with Crippen LogP contribution < -0.4 is 5.32 Å². The summed E-state index contributed by atoms with van der Waals surface area (Å²) in [5.41, 5.74) is 0.915. The first-order valence-electron chi connectivity index (χ1n) is 7.23. The van der Waals surface area contributed by atoms with E-state index in [0.29, 0.717) is 17.8 Å². The average molecular weight is 302 g/mol. The van der Waals surface area contributed by atoms with E-state index in [-0.39, 0.29) is 17.9 Å². The number of hydrogen-bond donors (Lipinski definition) is 1. The highest BCUT2D eigenvalue weighted by atomic mass is 19.1. The van der Waals surface area contributed by atoms with Gasteiger partial charge in [0.2, 0.25) is 0 Å². The van der Waals surface area contributed by atoms with Crippen molar-refractivity contribution in [2.45, 2.75) is 18.9 Å². The van der Waals surface area contributed by atoms with Crippen LogP contribution in [0.1, 0.15) is 24.4 Å². The van der Waals surface area contributed by atoms with Crippen LogP contribution in [0.2, 0.25) is 0 Å².